The van der Waals surface area contributed by atoms with E-state index in [1.165, 1.54) is 12.4 Å². The predicted molar refractivity (Wildman–Crippen MR) is 123 cm³/mol. The number of anilines is 2. The number of carbonyl (C=O) groups excluding carboxylic acids is 4. The average Bonchev–Trinajstić information content (AvgIpc) is 3.28. The Morgan fingerprint density at radius 3 is 1.26 bits per heavy atom. The Morgan fingerprint density at radius 1 is 0.471 bits per heavy atom. The first-order chi connectivity index (χ1) is 16.5. The first kappa shape index (κ1) is 19.7. The Balaban J connectivity index is 1.38. The molecular weight excluding hydrogens is 432 g/mol. The van der Waals surface area contributed by atoms with Crippen molar-refractivity contribution in [3.63, 3.8) is 0 Å². The molecule has 4 amide bonds. The standard InChI is InChI=1S/C26H14N4O4/c31-23-17-9-7-15(13-19(17)25(33)29(23)21-5-1-3-11-27-21)16-8-10-18-20(14-16)26(34)30(24(18)32)22-6-2-4-12-28-22/h1-14H. The SMILES string of the molecule is O=C1c2ccc(-c3ccc4c(c3)C(=O)N(c3ccccn3)C4=O)cc2C(=O)N1c1ccccn1. The van der Waals surface area contributed by atoms with E-state index in [0.717, 1.165) is 9.80 Å². The number of amides is 4. The molecule has 4 heterocycles. The molecule has 0 radical (unpaired) electrons. The molecule has 8 heteroatoms. The van der Waals surface area contributed by atoms with Gasteiger partial charge in [0, 0.05) is 12.4 Å². The van der Waals surface area contributed by atoms with Crippen LogP contribution in [0.4, 0.5) is 11.6 Å². The molecular formula is C26H14N4O4. The fourth-order valence-electron chi connectivity index (χ4n) is 4.23. The summed E-state index contributed by atoms with van der Waals surface area (Å²) in [6, 6.07) is 19.9. The van der Waals surface area contributed by atoms with E-state index in [1.54, 1.807) is 72.8 Å². The minimum atomic E-state index is -0.464. The first-order valence-corrected chi connectivity index (χ1v) is 10.4. The van der Waals surface area contributed by atoms with Crippen molar-refractivity contribution in [3.8, 4) is 11.1 Å². The molecule has 0 saturated heterocycles. The Kier molecular flexibility index (Phi) is 4.21. The van der Waals surface area contributed by atoms with Crippen molar-refractivity contribution in [2.45, 2.75) is 0 Å². The number of pyridine rings is 2. The molecule has 2 aliphatic heterocycles. The largest absolute Gasteiger partial charge is 0.268 e. The summed E-state index contributed by atoms with van der Waals surface area (Å²) in [6.07, 6.45) is 3.03. The fraction of sp³-hybridized carbons (Fsp3) is 0. The van der Waals surface area contributed by atoms with Crippen LogP contribution < -0.4 is 9.80 Å². The van der Waals surface area contributed by atoms with Crippen LogP contribution in [0.25, 0.3) is 11.1 Å². The van der Waals surface area contributed by atoms with Gasteiger partial charge in [-0.15, -0.1) is 0 Å². The second-order valence-corrected chi connectivity index (χ2v) is 7.79. The molecule has 6 rings (SSSR count). The normalized spacial score (nSPS) is 14.6. The van der Waals surface area contributed by atoms with Gasteiger partial charge in [-0.25, -0.2) is 19.8 Å². The highest BCUT2D eigenvalue weighted by Gasteiger charge is 2.39. The molecule has 2 aromatic carbocycles. The number of fused-ring (bicyclic) bond motifs is 2. The summed E-state index contributed by atoms with van der Waals surface area (Å²) in [7, 11) is 0. The molecule has 2 aliphatic rings. The summed E-state index contributed by atoms with van der Waals surface area (Å²) in [5.41, 5.74) is 2.36. The molecule has 162 valence electrons. The van der Waals surface area contributed by atoms with Gasteiger partial charge in [-0.05, 0) is 59.7 Å². The van der Waals surface area contributed by atoms with E-state index in [-0.39, 0.29) is 33.9 Å². The van der Waals surface area contributed by atoms with E-state index in [2.05, 4.69) is 9.97 Å². The molecule has 34 heavy (non-hydrogen) atoms. The van der Waals surface area contributed by atoms with Crippen LogP contribution in [0.5, 0.6) is 0 Å². The maximum absolute atomic E-state index is 13.0. The quantitative estimate of drug-likeness (QED) is 0.445. The Morgan fingerprint density at radius 2 is 0.882 bits per heavy atom. The summed E-state index contributed by atoms with van der Waals surface area (Å²) in [5.74, 6) is -1.29. The van der Waals surface area contributed by atoms with Gasteiger partial charge in [0.2, 0.25) is 0 Å². The highest BCUT2D eigenvalue weighted by molar-refractivity contribution is 6.35. The van der Waals surface area contributed by atoms with Gasteiger partial charge in [-0.1, -0.05) is 24.3 Å². The molecule has 0 N–H and O–H groups in total. The predicted octanol–water partition coefficient (Wildman–Crippen LogP) is 3.74. The first-order valence-electron chi connectivity index (χ1n) is 10.4. The zero-order valence-corrected chi connectivity index (χ0v) is 17.5. The summed E-state index contributed by atoms with van der Waals surface area (Å²) >= 11 is 0. The summed E-state index contributed by atoms with van der Waals surface area (Å²) in [5, 5.41) is 0. The lowest BCUT2D eigenvalue weighted by molar-refractivity contribution is 0.0909. The molecule has 4 aromatic rings. The fourth-order valence-corrected chi connectivity index (χ4v) is 4.23. The number of aromatic nitrogens is 2. The average molecular weight is 446 g/mol. The maximum atomic E-state index is 13.0. The number of benzene rings is 2. The smallest absolute Gasteiger partial charge is 0.267 e. The highest BCUT2D eigenvalue weighted by Crippen LogP contribution is 2.34. The van der Waals surface area contributed by atoms with Crippen molar-refractivity contribution in [2.24, 2.45) is 0 Å². The third-order valence-corrected chi connectivity index (χ3v) is 5.86. The van der Waals surface area contributed by atoms with E-state index in [0.29, 0.717) is 11.1 Å². The highest BCUT2D eigenvalue weighted by atomic mass is 16.2. The van der Waals surface area contributed by atoms with Crippen molar-refractivity contribution in [3.05, 3.63) is 107 Å². The lowest BCUT2D eigenvalue weighted by Gasteiger charge is -2.11. The number of carbonyl (C=O) groups is 4. The van der Waals surface area contributed by atoms with Crippen LogP contribution in [0, 0.1) is 0 Å². The minimum Gasteiger partial charge on any atom is -0.268 e. The second-order valence-electron chi connectivity index (χ2n) is 7.79. The minimum absolute atomic E-state index is 0.256. The van der Waals surface area contributed by atoms with Gasteiger partial charge >= 0.3 is 0 Å². The number of hydrogen-bond acceptors (Lipinski definition) is 6. The lowest BCUT2D eigenvalue weighted by Crippen LogP contribution is -2.30. The zero-order chi connectivity index (χ0) is 23.4. The van der Waals surface area contributed by atoms with Crippen LogP contribution in [0.15, 0.2) is 85.2 Å². The van der Waals surface area contributed by atoms with Crippen molar-refractivity contribution in [2.75, 3.05) is 9.80 Å². The molecule has 0 fully saturated rings. The van der Waals surface area contributed by atoms with Gasteiger partial charge in [-0.2, -0.15) is 0 Å². The van der Waals surface area contributed by atoms with Gasteiger partial charge in [0.25, 0.3) is 23.6 Å². The molecule has 0 saturated carbocycles. The maximum Gasteiger partial charge on any atom is 0.267 e. The molecule has 0 aliphatic carbocycles. The molecule has 0 atom stereocenters. The van der Waals surface area contributed by atoms with Crippen molar-refractivity contribution in [1.82, 2.24) is 9.97 Å². The van der Waals surface area contributed by atoms with Crippen molar-refractivity contribution in [1.29, 1.82) is 0 Å². The lowest BCUT2D eigenvalue weighted by atomic mass is 9.97. The summed E-state index contributed by atoms with van der Waals surface area (Å²) < 4.78 is 0. The molecule has 8 nitrogen and oxygen atoms in total. The third kappa shape index (κ3) is 2.79. The van der Waals surface area contributed by atoms with E-state index in [4.69, 9.17) is 0 Å². The number of imide groups is 2. The zero-order valence-electron chi connectivity index (χ0n) is 17.5. The number of rotatable bonds is 3. The van der Waals surface area contributed by atoms with Gasteiger partial charge in [-0.3, -0.25) is 19.2 Å². The van der Waals surface area contributed by atoms with Crippen molar-refractivity contribution < 1.29 is 19.2 Å². The van der Waals surface area contributed by atoms with Gasteiger partial charge in [0.15, 0.2) is 0 Å². The van der Waals surface area contributed by atoms with Crippen LogP contribution in [0.1, 0.15) is 41.4 Å². The number of nitrogens with zero attached hydrogens (tertiary/aromatic N) is 4. The topological polar surface area (TPSA) is 101 Å². The Hall–Kier alpha value is -4.98. The van der Waals surface area contributed by atoms with Crippen molar-refractivity contribution >= 4 is 35.3 Å². The third-order valence-electron chi connectivity index (χ3n) is 5.86. The number of hydrogen-bond donors (Lipinski definition) is 0. The van der Waals surface area contributed by atoms with Gasteiger partial charge in [0.1, 0.15) is 11.6 Å². The van der Waals surface area contributed by atoms with Gasteiger partial charge in [0.05, 0.1) is 22.3 Å². The molecule has 0 spiro atoms. The van der Waals surface area contributed by atoms with E-state index < -0.39 is 23.6 Å². The summed E-state index contributed by atoms with van der Waals surface area (Å²) in [4.78, 5) is 62.0. The monoisotopic (exact) mass is 446 g/mol. The molecule has 0 bridgehead atoms. The van der Waals surface area contributed by atoms with E-state index in [9.17, 15) is 19.2 Å². The van der Waals surface area contributed by atoms with Crippen LogP contribution in [0.2, 0.25) is 0 Å². The Labute approximate surface area is 193 Å². The van der Waals surface area contributed by atoms with E-state index >= 15 is 0 Å². The molecule has 0 unspecified atom stereocenters. The van der Waals surface area contributed by atoms with Crippen LogP contribution >= 0.6 is 0 Å². The Bertz CT molecular complexity index is 1420. The van der Waals surface area contributed by atoms with E-state index in [1.807, 2.05) is 0 Å². The van der Waals surface area contributed by atoms with Crippen LogP contribution in [-0.4, -0.2) is 33.6 Å². The second kappa shape index (κ2) is 7.28. The molecule has 2 aromatic heterocycles. The van der Waals surface area contributed by atoms with Gasteiger partial charge < -0.3 is 0 Å². The van der Waals surface area contributed by atoms with Crippen LogP contribution in [0.3, 0.4) is 0 Å². The van der Waals surface area contributed by atoms with Crippen LogP contribution in [-0.2, 0) is 0 Å². The summed E-state index contributed by atoms with van der Waals surface area (Å²) in [6.45, 7) is 0.